The number of allylic oxidation sites excluding steroid dienone is 1. The number of benzene rings is 1. The van der Waals surface area contributed by atoms with Gasteiger partial charge in [-0.15, -0.1) is 31.4 Å². The molecular weight excluding hydrogens is 333 g/mol. The van der Waals surface area contributed by atoms with Gasteiger partial charge in [0.05, 0.1) is 0 Å². The molecule has 2 rings (SSSR count). The van der Waals surface area contributed by atoms with Crippen LogP contribution in [-0.4, -0.2) is 36.2 Å². The Balaban J connectivity index is 0.00000220. The summed E-state index contributed by atoms with van der Waals surface area (Å²) in [5, 5.41) is 13.1. The highest BCUT2D eigenvalue weighted by molar-refractivity contribution is 5.85. The Bertz CT molecular complexity index is 483. The molecule has 0 saturated carbocycles. The van der Waals surface area contributed by atoms with Gasteiger partial charge in [-0.25, -0.2) is 8.78 Å². The van der Waals surface area contributed by atoms with Crippen molar-refractivity contribution >= 4 is 24.8 Å². The van der Waals surface area contributed by atoms with Gasteiger partial charge in [-0.3, -0.25) is 4.90 Å². The van der Waals surface area contributed by atoms with Gasteiger partial charge in [-0.05, 0) is 25.0 Å². The van der Waals surface area contributed by atoms with Crippen LogP contribution in [0.1, 0.15) is 24.4 Å². The lowest BCUT2D eigenvalue weighted by atomic mass is 9.97. The summed E-state index contributed by atoms with van der Waals surface area (Å²) in [6, 6.07) is 1.70. The largest absolute Gasteiger partial charge is 0.505 e. The molecule has 0 amide bonds. The normalized spacial score (nSPS) is 16.3. The van der Waals surface area contributed by atoms with Gasteiger partial charge in [0.1, 0.15) is 5.82 Å². The van der Waals surface area contributed by atoms with Crippen LogP contribution in [-0.2, 0) is 0 Å². The van der Waals surface area contributed by atoms with E-state index in [-0.39, 0.29) is 36.4 Å². The Morgan fingerprint density at radius 2 is 1.82 bits per heavy atom. The number of phenolic OH excluding ortho intramolecular Hbond substituents is 1. The average Bonchev–Trinajstić information content (AvgIpc) is 2.47. The van der Waals surface area contributed by atoms with Crippen LogP contribution in [0.3, 0.4) is 0 Å². The van der Waals surface area contributed by atoms with E-state index in [2.05, 4.69) is 16.8 Å². The second-order valence-electron chi connectivity index (χ2n) is 4.96. The van der Waals surface area contributed by atoms with Crippen LogP contribution in [0.2, 0.25) is 0 Å². The number of nitrogens with zero attached hydrogens (tertiary/aromatic N) is 1. The summed E-state index contributed by atoms with van der Waals surface area (Å²) >= 11 is 0. The molecule has 3 nitrogen and oxygen atoms in total. The zero-order valence-electron chi connectivity index (χ0n) is 12.2. The number of rotatable bonds is 5. The maximum absolute atomic E-state index is 14.1. The quantitative estimate of drug-likeness (QED) is 0.795. The Morgan fingerprint density at radius 3 is 2.41 bits per heavy atom. The summed E-state index contributed by atoms with van der Waals surface area (Å²) < 4.78 is 27.6. The van der Waals surface area contributed by atoms with Crippen molar-refractivity contribution in [1.82, 2.24) is 10.2 Å². The SMILES string of the molecule is C=CCC[C@H](c1c(F)ccc(F)c1O)N1CCNCC1.Cl.Cl. The fraction of sp³-hybridized carbons (Fsp3) is 0.467. The number of hydrogen-bond donors (Lipinski definition) is 2. The number of nitrogens with one attached hydrogen (secondary N) is 1. The third-order valence-electron chi connectivity index (χ3n) is 3.68. The van der Waals surface area contributed by atoms with E-state index in [4.69, 9.17) is 0 Å². The summed E-state index contributed by atoms with van der Waals surface area (Å²) in [5.74, 6) is -1.91. The molecule has 1 aliphatic rings. The van der Waals surface area contributed by atoms with Crippen molar-refractivity contribution in [2.45, 2.75) is 18.9 Å². The molecule has 0 bridgehead atoms. The molecule has 1 atom stereocenters. The summed E-state index contributed by atoms with van der Waals surface area (Å²) in [7, 11) is 0. The van der Waals surface area contributed by atoms with Crippen LogP contribution in [0.25, 0.3) is 0 Å². The van der Waals surface area contributed by atoms with E-state index >= 15 is 0 Å². The van der Waals surface area contributed by atoms with Crippen molar-refractivity contribution < 1.29 is 13.9 Å². The Hall–Kier alpha value is -0.880. The van der Waals surface area contributed by atoms with Gasteiger partial charge < -0.3 is 10.4 Å². The summed E-state index contributed by atoms with van der Waals surface area (Å²) in [6.07, 6.45) is 3.05. The van der Waals surface area contributed by atoms with Crippen LogP contribution in [0.5, 0.6) is 5.75 Å². The molecule has 0 radical (unpaired) electrons. The number of phenols is 1. The standard InChI is InChI=1S/C15H20F2N2O.2ClH/c1-2-3-4-13(19-9-7-18-8-10-19)14-11(16)5-6-12(17)15(14)20;;/h2,5-6,13,18,20H,1,3-4,7-10H2;2*1H/t13-;;/m1../s1. The van der Waals surface area contributed by atoms with E-state index < -0.39 is 17.4 Å². The van der Waals surface area contributed by atoms with Gasteiger partial charge in [0, 0.05) is 37.8 Å². The summed E-state index contributed by atoms with van der Waals surface area (Å²) in [6.45, 7) is 6.78. The fourth-order valence-corrected chi connectivity index (χ4v) is 2.65. The van der Waals surface area contributed by atoms with Gasteiger partial charge in [0.25, 0.3) is 0 Å². The molecule has 1 saturated heterocycles. The van der Waals surface area contributed by atoms with Gasteiger partial charge in [-0.1, -0.05) is 6.08 Å². The first-order chi connectivity index (χ1) is 9.65. The van der Waals surface area contributed by atoms with Crippen LogP contribution < -0.4 is 5.32 Å². The lowest BCUT2D eigenvalue weighted by Gasteiger charge is -2.35. The first-order valence-electron chi connectivity index (χ1n) is 6.87. The molecule has 1 aromatic rings. The molecule has 2 N–H and O–H groups in total. The van der Waals surface area contributed by atoms with Gasteiger partial charge in [0.15, 0.2) is 11.6 Å². The molecule has 7 heteroatoms. The molecule has 1 fully saturated rings. The van der Waals surface area contributed by atoms with Crippen molar-refractivity contribution in [2.24, 2.45) is 0 Å². The molecule has 0 aliphatic carbocycles. The third-order valence-corrected chi connectivity index (χ3v) is 3.68. The lowest BCUT2D eigenvalue weighted by Crippen LogP contribution is -2.45. The van der Waals surface area contributed by atoms with Crippen LogP contribution in [0.4, 0.5) is 8.78 Å². The third kappa shape index (κ3) is 4.81. The first kappa shape index (κ1) is 21.1. The van der Waals surface area contributed by atoms with Crippen molar-refractivity contribution in [2.75, 3.05) is 26.2 Å². The Morgan fingerprint density at radius 1 is 1.23 bits per heavy atom. The van der Waals surface area contributed by atoms with Crippen molar-refractivity contribution in [1.29, 1.82) is 0 Å². The second-order valence-corrected chi connectivity index (χ2v) is 4.96. The highest BCUT2D eigenvalue weighted by Gasteiger charge is 2.28. The van der Waals surface area contributed by atoms with E-state index in [1.165, 1.54) is 0 Å². The van der Waals surface area contributed by atoms with Gasteiger partial charge >= 0.3 is 0 Å². The topological polar surface area (TPSA) is 35.5 Å². The van der Waals surface area contributed by atoms with Crippen LogP contribution in [0.15, 0.2) is 24.8 Å². The number of piperazine rings is 1. The van der Waals surface area contributed by atoms with E-state index in [1.807, 2.05) is 0 Å². The molecule has 1 aliphatic heterocycles. The lowest BCUT2D eigenvalue weighted by molar-refractivity contribution is 0.159. The number of halogens is 4. The van der Waals surface area contributed by atoms with Gasteiger partial charge in [0.2, 0.25) is 0 Å². The zero-order valence-corrected chi connectivity index (χ0v) is 13.9. The minimum atomic E-state index is -0.778. The van der Waals surface area contributed by atoms with Gasteiger partial charge in [-0.2, -0.15) is 0 Å². The smallest absolute Gasteiger partial charge is 0.165 e. The predicted octanol–water partition coefficient (Wildman–Crippen LogP) is 3.43. The number of aromatic hydroxyl groups is 1. The predicted molar refractivity (Wildman–Crippen MR) is 89.1 cm³/mol. The Kier molecular flexibility index (Phi) is 9.60. The summed E-state index contributed by atoms with van der Waals surface area (Å²) in [5.41, 5.74) is 0.0637. The maximum Gasteiger partial charge on any atom is 0.165 e. The molecule has 1 aromatic carbocycles. The van der Waals surface area contributed by atoms with E-state index in [1.54, 1.807) is 6.08 Å². The van der Waals surface area contributed by atoms with Crippen molar-refractivity contribution in [3.8, 4) is 5.75 Å². The number of hydrogen-bond acceptors (Lipinski definition) is 3. The molecule has 0 aromatic heterocycles. The van der Waals surface area contributed by atoms with E-state index in [0.29, 0.717) is 12.8 Å². The Labute approximate surface area is 142 Å². The van der Waals surface area contributed by atoms with E-state index in [0.717, 1.165) is 38.3 Å². The molecule has 22 heavy (non-hydrogen) atoms. The molecule has 126 valence electrons. The second kappa shape index (κ2) is 10.0. The minimum Gasteiger partial charge on any atom is -0.505 e. The molecule has 0 unspecified atom stereocenters. The highest BCUT2D eigenvalue weighted by atomic mass is 35.5. The highest BCUT2D eigenvalue weighted by Crippen LogP contribution is 2.36. The van der Waals surface area contributed by atoms with Crippen LogP contribution in [0, 0.1) is 11.6 Å². The molecule has 1 heterocycles. The average molecular weight is 355 g/mol. The monoisotopic (exact) mass is 354 g/mol. The molecule has 0 spiro atoms. The first-order valence-corrected chi connectivity index (χ1v) is 6.87. The van der Waals surface area contributed by atoms with Crippen LogP contribution >= 0.6 is 24.8 Å². The maximum atomic E-state index is 14.1. The minimum absolute atomic E-state index is 0. The van der Waals surface area contributed by atoms with E-state index in [9.17, 15) is 13.9 Å². The van der Waals surface area contributed by atoms with Crippen molar-refractivity contribution in [3.63, 3.8) is 0 Å². The molecular formula is C15H22Cl2F2N2O. The fourth-order valence-electron chi connectivity index (χ4n) is 2.65. The summed E-state index contributed by atoms with van der Waals surface area (Å²) in [4.78, 5) is 2.08. The zero-order chi connectivity index (χ0) is 14.5. The van der Waals surface area contributed by atoms with Crippen molar-refractivity contribution in [3.05, 3.63) is 42.0 Å².